The first-order valence-corrected chi connectivity index (χ1v) is 4.26. The van der Waals surface area contributed by atoms with Crippen LogP contribution in [0.15, 0.2) is 29.3 Å². The van der Waals surface area contributed by atoms with Crippen LogP contribution >= 0.6 is 0 Å². The van der Waals surface area contributed by atoms with Crippen molar-refractivity contribution in [3.8, 4) is 0 Å². The number of nitroso groups, excluding NO2 is 1. The van der Waals surface area contributed by atoms with Crippen LogP contribution in [0, 0.1) is 11.8 Å². The number of amidine groups is 1. The van der Waals surface area contributed by atoms with Crippen LogP contribution in [0.25, 0.3) is 0 Å². The second kappa shape index (κ2) is 3.09. The SMILES string of the molecule is [CH2]CCC1=Nc2ccccc2[N+]1=O. The normalized spacial score (nSPS) is 14.2. The molecule has 0 N–H and O–H groups in total. The van der Waals surface area contributed by atoms with Crippen molar-refractivity contribution in [1.29, 1.82) is 0 Å². The van der Waals surface area contributed by atoms with E-state index < -0.39 is 0 Å². The third kappa shape index (κ3) is 1.26. The number of aliphatic imine (C=N–C) groups is 1. The minimum atomic E-state index is 0.566. The predicted octanol–water partition coefficient (Wildman–Crippen LogP) is 2.75. The fourth-order valence-electron chi connectivity index (χ4n) is 1.37. The van der Waals surface area contributed by atoms with Crippen molar-refractivity contribution in [2.45, 2.75) is 12.8 Å². The molecule has 0 spiro atoms. The lowest BCUT2D eigenvalue weighted by Gasteiger charge is -1.88. The average Bonchev–Trinajstić information content (AvgIpc) is 2.46. The van der Waals surface area contributed by atoms with Crippen LogP contribution in [-0.4, -0.2) is 10.6 Å². The van der Waals surface area contributed by atoms with Gasteiger partial charge in [0.1, 0.15) is 0 Å². The zero-order chi connectivity index (χ0) is 9.26. The molecule has 65 valence electrons. The van der Waals surface area contributed by atoms with Gasteiger partial charge >= 0.3 is 5.84 Å². The van der Waals surface area contributed by atoms with Gasteiger partial charge in [0.15, 0.2) is 0 Å². The largest absolute Gasteiger partial charge is 0.343 e. The summed E-state index contributed by atoms with van der Waals surface area (Å²) in [6.07, 6.45) is 1.34. The fourth-order valence-corrected chi connectivity index (χ4v) is 1.37. The Labute approximate surface area is 76.7 Å². The van der Waals surface area contributed by atoms with Gasteiger partial charge in [-0.25, -0.2) is 0 Å². The second-order valence-electron chi connectivity index (χ2n) is 2.91. The highest BCUT2D eigenvalue weighted by Crippen LogP contribution is 2.33. The van der Waals surface area contributed by atoms with Gasteiger partial charge < -0.3 is 0 Å². The lowest BCUT2D eigenvalue weighted by atomic mass is 10.3. The van der Waals surface area contributed by atoms with E-state index in [1.807, 2.05) is 18.2 Å². The first-order chi connectivity index (χ1) is 6.33. The number of para-hydroxylation sites is 2. The van der Waals surface area contributed by atoms with Gasteiger partial charge in [-0.3, -0.25) is 0 Å². The third-order valence-corrected chi connectivity index (χ3v) is 1.98. The molecule has 0 aliphatic carbocycles. The van der Waals surface area contributed by atoms with E-state index >= 15 is 0 Å². The summed E-state index contributed by atoms with van der Waals surface area (Å²) < 4.78 is 0.889. The van der Waals surface area contributed by atoms with E-state index in [0.29, 0.717) is 24.4 Å². The lowest BCUT2D eigenvalue weighted by molar-refractivity contribution is -0.328. The number of benzene rings is 1. The summed E-state index contributed by atoms with van der Waals surface area (Å²) in [5.41, 5.74) is 1.41. The van der Waals surface area contributed by atoms with Gasteiger partial charge in [-0.05, 0) is 23.5 Å². The molecule has 2 rings (SSSR count). The molecule has 1 aliphatic heterocycles. The maximum Gasteiger partial charge on any atom is 0.343 e. The zero-order valence-corrected chi connectivity index (χ0v) is 7.23. The van der Waals surface area contributed by atoms with Crippen molar-refractivity contribution >= 4 is 17.2 Å². The van der Waals surface area contributed by atoms with E-state index in [0.717, 1.165) is 10.4 Å². The summed E-state index contributed by atoms with van der Waals surface area (Å²) in [5.74, 6) is 0.566. The van der Waals surface area contributed by atoms with E-state index in [4.69, 9.17) is 0 Å². The molecule has 13 heavy (non-hydrogen) atoms. The predicted molar refractivity (Wildman–Crippen MR) is 51.4 cm³/mol. The number of hydrogen-bond acceptors (Lipinski definition) is 2. The van der Waals surface area contributed by atoms with E-state index in [9.17, 15) is 4.91 Å². The number of nitrogens with zero attached hydrogens (tertiary/aromatic N) is 2. The second-order valence-corrected chi connectivity index (χ2v) is 2.91. The Morgan fingerprint density at radius 1 is 1.38 bits per heavy atom. The van der Waals surface area contributed by atoms with E-state index in [1.54, 1.807) is 6.07 Å². The highest BCUT2D eigenvalue weighted by molar-refractivity contribution is 5.86. The molecular weight excluding hydrogens is 164 g/mol. The Kier molecular flexibility index (Phi) is 1.93. The summed E-state index contributed by atoms with van der Waals surface area (Å²) in [6.45, 7) is 3.70. The van der Waals surface area contributed by atoms with Crippen molar-refractivity contribution in [1.82, 2.24) is 0 Å². The van der Waals surface area contributed by atoms with E-state index in [1.165, 1.54) is 0 Å². The molecule has 1 aliphatic rings. The van der Waals surface area contributed by atoms with Crippen LogP contribution in [0.3, 0.4) is 0 Å². The lowest BCUT2D eigenvalue weighted by Crippen LogP contribution is -2.07. The minimum absolute atomic E-state index is 0.566. The van der Waals surface area contributed by atoms with Gasteiger partial charge in [-0.15, -0.1) is 0 Å². The molecule has 0 saturated heterocycles. The van der Waals surface area contributed by atoms with Crippen molar-refractivity contribution < 1.29 is 4.76 Å². The Bertz CT molecular complexity index is 382. The quantitative estimate of drug-likeness (QED) is 0.634. The maximum atomic E-state index is 11.5. The van der Waals surface area contributed by atoms with E-state index in [-0.39, 0.29) is 0 Å². The molecule has 3 heteroatoms. The van der Waals surface area contributed by atoms with Crippen LogP contribution in [0.5, 0.6) is 0 Å². The molecule has 0 unspecified atom stereocenters. The highest BCUT2D eigenvalue weighted by atomic mass is 16.3. The monoisotopic (exact) mass is 174 g/mol. The maximum absolute atomic E-state index is 11.5. The zero-order valence-electron chi connectivity index (χ0n) is 7.23. The molecule has 1 heterocycles. The molecular formula is C10H10N2O+. The van der Waals surface area contributed by atoms with Gasteiger partial charge in [0.2, 0.25) is 11.4 Å². The molecule has 0 amide bonds. The summed E-state index contributed by atoms with van der Waals surface area (Å²) in [4.78, 5) is 15.8. The first kappa shape index (κ1) is 8.10. The molecule has 0 atom stereocenters. The van der Waals surface area contributed by atoms with Gasteiger partial charge in [-0.2, -0.15) is 0 Å². The van der Waals surface area contributed by atoms with Crippen LogP contribution in [0.2, 0.25) is 0 Å². The van der Waals surface area contributed by atoms with Crippen molar-refractivity contribution in [2.24, 2.45) is 4.99 Å². The van der Waals surface area contributed by atoms with Gasteiger partial charge in [0.25, 0.3) is 0 Å². The summed E-state index contributed by atoms with van der Waals surface area (Å²) in [6, 6.07) is 7.34. The molecule has 1 radical (unpaired) electrons. The third-order valence-electron chi connectivity index (χ3n) is 1.98. The molecule has 1 aromatic rings. The fraction of sp³-hybridized carbons (Fsp3) is 0.200. The highest BCUT2D eigenvalue weighted by Gasteiger charge is 2.31. The van der Waals surface area contributed by atoms with Crippen LogP contribution in [0.1, 0.15) is 12.8 Å². The molecule has 0 aromatic heterocycles. The Hall–Kier alpha value is -1.51. The molecule has 3 nitrogen and oxygen atoms in total. The summed E-state index contributed by atoms with van der Waals surface area (Å²) in [7, 11) is 0. The number of hydrogen-bond donors (Lipinski definition) is 0. The van der Waals surface area contributed by atoms with Crippen LogP contribution in [-0.2, 0) is 0 Å². The van der Waals surface area contributed by atoms with Crippen LogP contribution in [0.4, 0.5) is 11.4 Å². The van der Waals surface area contributed by atoms with Gasteiger partial charge in [0, 0.05) is 4.76 Å². The molecule has 0 saturated carbocycles. The van der Waals surface area contributed by atoms with E-state index in [2.05, 4.69) is 11.9 Å². The summed E-state index contributed by atoms with van der Waals surface area (Å²) >= 11 is 0. The topological polar surface area (TPSA) is 32.4 Å². The Morgan fingerprint density at radius 2 is 2.15 bits per heavy atom. The Morgan fingerprint density at radius 3 is 2.85 bits per heavy atom. The van der Waals surface area contributed by atoms with Gasteiger partial charge in [-0.1, -0.05) is 24.0 Å². The number of fused-ring (bicyclic) bond motifs is 1. The van der Waals surface area contributed by atoms with Crippen molar-refractivity contribution in [2.75, 3.05) is 0 Å². The average molecular weight is 174 g/mol. The minimum Gasteiger partial charge on any atom is -0.0590 e. The first-order valence-electron chi connectivity index (χ1n) is 4.26. The van der Waals surface area contributed by atoms with Crippen LogP contribution < -0.4 is 0 Å². The molecule has 1 aromatic carbocycles. The molecule has 0 bridgehead atoms. The smallest absolute Gasteiger partial charge is 0.0590 e. The van der Waals surface area contributed by atoms with Crippen molar-refractivity contribution in [3.63, 3.8) is 0 Å². The summed E-state index contributed by atoms with van der Waals surface area (Å²) in [5, 5.41) is 0. The molecule has 0 fully saturated rings. The Balaban J connectivity index is 2.39. The number of rotatable bonds is 2. The van der Waals surface area contributed by atoms with Crippen molar-refractivity contribution in [3.05, 3.63) is 36.1 Å². The van der Waals surface area contributed by atoms with Gasteiger partial charge in [0.05, 0.1) is 6.42 Å². The standard InChI is InChI=1S/C10H10N2O/c1-2-5-10-11-8-6-3-4-7-9(8)12(10)13/h3-4,6-7H,1-2,5H2/q+1.